The van der Waals surface area contributed by atoms with Crippen LogP contribution in [-0.2, 0) is 11.2 Å². The highest BCUT2D eigenvalue weighted by molar-refractivity contribution is 5.74. The predicted octanol–water partition coefficient (Wildman–Crippen LogP) is 0.657. The summed E-state index contributed by atoms with van der Waals surface area (Å²) in [5, 5.41) is 12.2. The Bertz CT molecular complexity index is 570. The van der Waals surface area contributed by atoms with Gasteiger partial charge < -0.3 is 5.11 Å². The monoisotopic (exact) mass is 220 g/mol. The minimum absolute atomic E-state index is 0.134. The van der Waals surface area contributed by atoms with Crippen molar-refractivity contribution in [3.8, 4) is 11.4 Å². The van der Waals surface area contributed by atoms with Gasteiger partial charge in [-0.05, 0) is 5.56 Å². The van der Waals surface area contributed by atoms with Crippen LogP contribution in [0.5, 0.6) is 0 Å². The first-order valence-electron chi connectivity index (χ1n) is 4.53. The summed E-state index contributed by atoms with van der Waals surface area (Å²) in [6.45, 7) is 0. The Balaban J connectivity index is 2.47. The van der Waals surface area contributed by atoms with Crippen molar-refractivity contribution < 1.29 is 14.4 Å². The normalized spacial score (nSPS) is 10.2. The van der Waals surface area contributed by atoms with E-state index in [9.17, 15) is 9.59 Å². The Morgan fingerprint density at radius 1 is 1.44 bits per heavy atom. The molecule has 0 atom stereocenters. The van der Waals surface area contributed by atoms with E-state index in [0.29, 0.717) is 11.1 Å². The van der Waals surface area contributed by atoms with Crippen LogP contribution < -0.4 is 5.76 Å². The smallest absolute Gasteiger partial charge is 0.439 e. The molecule has 0 bridgehead atoms. The molecule has 1 aromatic carbocycles. The van der Waals surface area contributed by atoms with Crippen LogP contribution in [0.4, 0.5) is 0 Å². The van der Waals surface area contributed by atoms with Gasteiger partial charge in [0.1, 0.15) is 0 Å². The van der Waals surface area contributed by atoms with Gasteiger partial charge in [0.2, 0.25) is 0 Å². The number of H-pyrrole nitrogens is 1. The van der Waals surface area contributed by atoms with E-state index in [-0.39, 0.29) is 12.2 Å². The molecule has 0 spiro atoms. The van der Waals surface area contributed by atoms with E-state index < -0.39 is 11.7 Å². The number of carboxylic acids is 1. The quantitative estimate of drug-likeness (QED) is 0.791. The molecule has 82 valence electrons. The van der Waals surface area contributed by atoms with Crippen molar-refractivity contribution in [1.29, 1.82) is 0 Å². The molecule has 0 radical (unpaired) electrons. The fourth-order valence-corrected chi connectivity index (χ4v) is 1.41. The summed E-state index contributed by atoms with van der Waals surface area (Å²) >= 11 is 0. The number of carbonyl (C=O) groups is 1. The minimum Gasteiger partial charge on any atom is -0.481 e. The van der Waals surface area contributed by atoms with Gasteiger partial charge >= 0.3 is 11.7 Å². The maximum Gasteiger partial charge on any atom is 0.439 e. The molecular weight excluding hydrogens is 212 g/mol. The summed E-state index contributed by atoms with van der Waals surface area (Å²) in [4.78, 5) is 23.8. The van der Waals surface area contributed by atoms with Crippen LogP contribution in [0.25, 0.3) is 11.4 Å². The fourth-order valence-electron chi connectivity index (χ4n) is 1.41. The van der Waals surface area contributed by atoms with Gasteiger partial charge in [0.05, 0.1) is 6.42 Å². The van der Waals surface area contributed by atoms with Crippen LogP contribution in [0.2, 0.25) is 0 Å². The number of nitrogens with zero attached hydrogens (tertiary/aromatic N) is 1. The van der Waals surface area contributed by atoms with Crippen molar-refractivity contribution in [3.05, 3.63) is 40.4 Å². The lowest BCUT2D eigenvalue weighted by Crippen LogP contribution is -2.02. The molecule has 2 aromatic rings. The molecule has 6 nitrogen and oxygen atoms in total. The van der Waals surface area contributed by atoms with E-state index in [4.69, 9.17) is 5.11 Å². The van der Waals surface area contributed by atoms with Crippen LogP contribution in [0.3, 0.4) is 0 Å². The van der Waals surface area contributed by atoms with E-state index in [1.807, 2.05) is 0 Å². The van der Waals surface area contributed by atoms with E-state index in [0.717, 1.165) is 0 Å². The summed E-state index contributed by atoms with van der Waals surface area (Å²) in [7, 11) is 0. The van der Waals surface area contributed by atoms with Crippen molar-refractivity contribution in [3.63, 3.8) is 0 Å². The lowest BCUT2D eigenvalue weighted by Gasteiger charge is -2.02. The first-order valence-corrected chi connectivity index (χ1v) is 4.53. The van der Waals surface area contributed by atoms with Crippen molar-refractivity contribution in [2.24, 2.45) is 0 Å². The number of benzene rings is 1. The first-order chi connectivity index (χ1) is 7.66. The van der Waals surface area contributed by atoms with E-state index in [2.05, 4.69) is 14.7 Å². The highest BCUT2D eigenvalue weighted by Crippen LogP contribution is 2.19. The zero-order valence-electron chi connectivity index (χ0n) is 8.14. The fraction of sp³-hybridized carbons (Fsp3) is 0.100. The Kier molecular flexibility index (Phi) is 2.55. The van der Waals surface area contributed by atoms with Gasteiger partial charge in [-0.2, -0.15) is 0 Å². The molecular formula is C10H8N2O4. The molecule has 16 heavy (non-hydrogen) atoms. The summed E-state index contributed by atoms with van der Waals surface area (Å²) in [5.74, 6) is -1.37. The summed E-state index contributed by atoms with van der Waals surface area (Å²) in [6.07, 6.45) is -0.134. The Morgan fingerprint density at radius 2 is 2.19 bits per heavy atom. The molecule has 2 rings (SSSR count). The molecule has 0 amide bonds. The molecule has 0 saturated carbocycles. The van der Waals surface area contributed by atoms with Crippen molar-refractivity contribution in [1.82, 2.24) is 10.1 Å². The average Bonchev–Trinajstić information content (AvgIpc) is 2.65. The highest BCUT2D eigenvalue weighted by atomic mass is 16.5. The number of carboxylic acid groups (broad SMARTS) is 1. The zero-order valence-corrected chi connectivity index (χ0v) is 8.14. The third-order valence-electron chi connectivity index (χ3n) is 2.05. The second-order valence-corrected chi connectivity index (χ2v) is 3.17. The number of hydrogen-bond donors (Lipinski definition) is 2. The van der Waals surface area contributed by atoms with E-state index in [1.165, 1.54) is 0 Å². The highest BCUT2D eigenvalue weighted by Gasteiger charge is 2.11. The molecule has 0 aliphatic heterocycles. The average molecular weight is 220 g/mol. The summed E-state index contributed by atoms with van der Waals surface area (Å²) in [6, 6.07) is 6.79. The van der Waals surface area contributed by atoms with Crippen LogP contribution in [0.1, 0.15) is 5.56 Å². The minimum atomic E-state index is -0.946. The zero-order chi connectivity index (χ0) is 11.5. The van der Waals surface area contributed by atoms with Gasteiger partial charge in [0.25, 0.3) is 0 Å². The molecule has 1 aromatic heterocycles. The van der Waals surface area contributed by atoms with Crippen LogP contribution in [-0.4, -0.2) is 21.2 Å². The second-order valence-electron chi connectivity index (χ2n) is 3.17. The van der Waals surface area contributed by atoms with Crippen LogP contribution in [0, 0.1) is 0 Å². The van der Waals surface area contributed by atoms with Crippen molar-refractivity contribution in [2.75, 3.05) is 0 Å². The number of aliphatic carboxylic acids is 1. The first kappa shape index (κ1) is 10.2. The summed E-state index contributed by atoms with van der Waals surface area (Å²) < 4.78 is 4.37. The number of aromatic nitrogens is 2. The van der Waals surface area contributed by atoms with Gasteiger partial charge in [-0.25, -0.2) is 4.79 Å². The van der Waals surface area contributed by atoms with Gasteiger partial charge in [-0.1, -0.05) is 29.4 Å². The van der Waals surface area contributed by atoms with Crippen molar-refractivity contribution >= 4 is 5.97 Å². The molecule has 2 N–H and O–H groups in total. The SMILES string of the molecule is O=C(O)Cc1ccccc1-c1noc(=O)[nH]1. The van der Waals surface area contributed by atoms with Crippen LogP contribution >= 0.6 is 0 Å². The van der Waals surface area contributed by atoms with Gasteiger partial charge in [0, 0.05) is 5.56 Å². The third kappa shape index (κ3) is 2.00. The maximum atomic E-state index is 10.8. The van der Waals surface area contributed by atoms with Crippen molar-refractivity contribution in [2.45, 2.75) is 6.42 Å². The number of hydrogen-bond acceptors (Lipinski definition) is 4. The standard InChI is InChI=1S/C10H8N2O4/c13-8(14)5-6-3-1-2-4-7(6)9-11-10(15)16-12-9/h1-4H,5H2,(H,13,14)(H,11,12,15). The molecule has 6 heteroatoms. The second kappa shape index (κ2) is 4.01. The number of rotatable bonds is 3. The Hall–Kier alpha value is -2.37. The topological polar surface area (TPSA) is 96.2 Å². The molecule has 1 heterocycles. The lowest BCUT2D eigenvalue weighted by molar-refractivity contribution is -0.136. The van der Waals surface area contributed by atoms with E-state index >= 15 is 0 Å². The molecule has 0 saturated heterocycles. The molecule has 0 fully saturated rings. The van der Waals surface area contributed by atoms with E-state index in [1.54, 1.807) is 24.3 Å². The molecule has 0 unspecified atom stereocenters. The van der Waals surface area contributed by atoms with Crippen LogP contribution in [0.15, 0.2) is 33.6 Å². The van der Waals surface area contributed by atoms with Gasteiger partial charge in [-0.3, -0.25) is 14.3 Å². The molecule has 0 aliphatic carbocycles. The predicted molar refractivity (Wildman–Crippen MR) is 53.9 cm³/mol. The summed E-state index contributed by atoms with van der Waals surface area (Å²) in [5.41, 5.74) is 1.12. The Morgan fingerprint density at radius 3 is 2.81 bits per heavy atom. The molecule has 0 aliphatic rings. The largest absolute Gasteiger partial charge is 0.481 e. The van der Waals surface area contributed by atoms with Gasteiger partial charge in [0.15, 0.2) is 5.82 Å². The third-order valence-corrected chi connectivity index (χ3v) is 2.05. The number of aromatic amines is 1. The Labute approximate surface area is 89.5 Å². The maximum absolute atomic E-state index is 10.8. The lowest BCUT2D eigenvalue weighted by atomic mass is 10.0. The van der Waals surface area contributed by atoms with Gasteiger partial charge in [-0.15, -0.1) is 0 Å². The number of nitrogens with one attached hydrogen (secondary N) is 1.